The van der Waals surface area contributed by atoms with E-state index < -0.39 is 0 Å². The average Bonchev–Trinajstić information content (AvgIpc) is 2.26. The molecule has 0 spiro atoms. The van der Waals surface area contributed by atoms with Crippen molar-refractivity contribution in [3.8, 4) is 0 Å². The van der Waals surface area contributed by atoms with Crippen molar-refractivity contribution in [3.63, 3.8) is 0 Å². The van der Waals surface area contributed by atoms with Crippen LogP contribution in [0, 0.1) is 0 Å². The van der Waals surface area contributed by atoms with Gasteiger partial charge >= 0.3 is 0 Å². The van der Waals surface area contributed by atoms with E-state index in [1.54, 1.807) is 18.0 Å². The van der Waals surface area contributed by atoms with E-state index in [4.69, 9.17) is 0 Å². The summed E-state index contributed by atoms with van der Waals surface area (Å²) in [6.07, 6.45) is 3.13. The van der Waals surface area contributed by atoms with Gasteiger partial charge in [-0.2, -0.15) is 0 Å². The van der Waals surface area contributed by atoms with Crippen molar-refractivity contribution >= 4 is 11.6 Å². The molecule has 0 unspecified atom stereocenters. The normalized spacial score (nSPS) is 8.71. The highest BCUT2D eigenvalue weighted by atomic mass is 16.2. The number of para-hydroxylation sites is 1. The maximum absolute atomic E-state index is 11.5. The zero-order valence-electron chi connectivity index (χ0n) is 8.40. The Bertz CT molecular complexity index is 361. The van der Waals surface area contributed by atoms with E-state index >= 15 is 0 Å². The number of carbonyl (C=O) groups is 1. The lowest BCUT2D eigenvalue weighted by atomic mass is 10.3. The van der Waals surface area contributed by atoms with Crippen LogP contribution in [0.15, 0.2) is 48.2 Å². The van der Waals surface area contributed by atoms with Gasteiger partial charge in [-0.3, -0.25) is 4.79 Å². The number of benzene rings is 1. The van der Waals surface area contributed by atoms with Crippen molar-refractivity contribution in [3.05, 3.63) is 48.2 Å². The minimum atomic E-state index is -0.0747. The number of nitrogens with zero attached hydrogens (tertiary/aromatic N) is 1. The van der Waals surface area contributed by atoms with E-state index in [-0.39, 0.29) is 5.91 Å². The van der Waals surface area contributed by atoms with Crippen molar-refractivity contribution in [1.29, 1.82) is 0 Å². The molecule has 72 valence electrons. The summed E-state index contributed by atoms with van der Waals surface area (Å²) in [7, 11) is 1.74. The summed E-state index contributed by atoms with van der Waals surface area (Å²) in [4.78, 5) is 13.1. The molecule has 0 saturated heterocycles. The fraction of sp³-hybridized carbons (Fsp3) is 0.167. The molecule has 0 aromatic heterocycles. The average molecular weight is 187 g/mol. The number of likely N-dealkylation sites (N-methyl/N-ethyl adjacent to an activating group) is 1. The second kappa shape index (κ2) is 5.05. The standard InChI is InChI=1S/C12H13NO/c1-3-4-10-12(14)13(2)11-8-6-5-7-9-11/h3,5-10H,1-2H3. The van der Waals surface area contributed by atoms with Crippen LogP contribution in [0.3, 0.4) is 0 Å². The minimum Gasteiger partial charge on any atom is -0.311 e. The van der Waals surface area contributed by atoms with Gasteiger partial charge in [0.15, 0.2) is 0 Å². The molecule has 0 aliphatic heterocycles. The predicted octanol–water partition coefficient (Wildman–Crippen LogP) is 2.38. The molecule has 2 heteroatoms. The molecule has 0 radical (unpaired) electrons. The molecule has 14 heavy (non-hydrogen) atoms. The molecule has 0 fully saturated rings. The summed E-state index contributed by atoms with van der Waals surface area (Å²) >= 11 is 0. The van der Waals surface area contributed by atoms with Gasteiger partial charge in [0, 0.05) is 18.8 Å². The molecule has 1 amide bonds. The van der Waals surface area contributed by atoms with Crippen molar-refractivity contribution in [2.75, 3.05) is 11.9 Å². The van der Waals surface area contributed by atoms with Gasteiger partial charge in [-0.1, -0.05) is 18.2 Å². The molecule has 1 aromatic rings. The summed E-state index contributed by atoms with van der Waals surface area (Å²) in [5.41, 5.74) is 3.64. The lowest BCUT2D eigenvalue weighted by Gasteiger charge is -2.13. The Hall–Kier alpha value is -1.79. The number of hydrogen-bond acceptors (Lipinski definition) is 1. The quantitative estimate of drug-likeness (QED) is 0.514. The van der Waals surface area contributed by atoms with Crippen LogP contribution in [0.5, 0.6) is 0 Å². The number of anilines is 1. The Morgan fingerprint density at radius 1 is 1.36 bits per heavy atom. The number of amides is 1. The summed E-state index contributed by atoms with van der Waals surface area (Å²) in [5, 5.41) is 0. The molecule has 0 bridgehead atoms. The Labute approximate surface area is 84.2 Å². The van der Waals surface area contributed by atoms with Gasteiger partial charge in [-0.15, -0.1) is 5.73 Å². The molecule has 2 nitrogen and oxygen atoms in total. The van der Waals surface area contributed by atoms with E-state index in [0.29, 0.717) is 0 Å². The third-order valence-electron chi connectivity index (χ3n) is 1.85. The molecule has 1 aromatic carbocycles. The Kier molecular flexibility index (Phi) is 3.71. The highest BCUT2D eigenvalue weighted by molar-refractivity contribution is 6.00. The van der Waals surface area contributed by atoms with Gasteiger partial charge in [0.1, 0.15) is 0 Å². The van der Waals surface area contributed by atoms with Crippen LogP contribution in [0.1, 0.15) is 6.92 Å². The minimum absolute atomic E-state index is 0.0747. The van der Waals surface area contributed by atoms with Crippen LogP contribution in [0.25, 0.3) is 0 Å². The topological polar surface area (TPSA) is 20.3 Å². The van der Waals surface area contributed by atoms with Crippen molar-refractivity contribution in [2.45, 2.75) is 6.92 Å². The molecule has 0 N–H and O–H groups in total. The van der Waals surface area contributed by atoms with Gasteiger partial charge < -0.3 is 4.90 Å². The smallest absolute Gasteiger partial charge is 0.258 e. The van der Waals surface area contributed by atoms with E-state index in [0.717, 1.165) is 5.69 Å². The first-order valence-electron chi connectivity index (χ1n) is 4.45. The molecule has 0 aliphatic rings. The Balaban J connectivity index is 2.81. The van der Waals surface area contributed by atoms with Crippen LogP contribution in [-0.4, -0.2) is 13.0 Å². The highest BCUT2D eigenvalue weighted by Crippen LogP contribution is 2.10. The Morgan fingerprint density at radius 3 is 2.57 bits per heavy atom. The third-order valence-corrected chi connectivity index (χ3v) is 1.85. The van der Waals surface area contributed by atoms with Gasteiger partial charge in [0.2, 0.25) is 0 Å². The first-order valence-corrected chi connectivity index (χ1v) is 4.45. The molecular formula is C12H13NO. The fourth-order valence-electron chi connectivity index (χ4n) is 1.03. The van der Waals surface area contributed by atoms with Gasteiger partial charge in [0.25, 0.3) is 5.91 Å². The number of rotatable bonds is 2. The Morgan fingerprint density at radius 2 is 2.00 bits per heavy atom. The predicted molar refractivity (Wildman–Crippen MR) is 58.2 cm³/mol. The lowest BCUT2D eigenvalue weighted by molar-refractivity contribution is -0.113. The number of hydrogen-bond donors (Lipinski definition) is 0. The van der Waals surface area contributed by atoms with Gasteiger partial charge in [0.05, 0.1) is 0 Å². The fourth-order valence-corrected chi connectivity index (χ4v) is 1.03. The lowest BCUT2D eigenvalue weighted by Crippen LogP contribution is -2.23. The molecule has 0 heterocycles. The van der Waals surface area contributed by atoms with E-state index in [2.05, 4.69) is 5.73 Å². The maximum atomic E-state index is 11.5. The van der Waals surface area contributed by atoms with E-state index in [9.17, 15) is 4.79 Å². The molecule has 0 saturated carbocycles. The van der Waals surface area contributed by atoms with Gasteiger partial charge in [-0.25, -0.2) is 0 Å². The summed E-state index contributed by atoms with van der Waals surface area (Å²) < 4.78 is 0. The van der Waals surface area contributed by atoms with E-state index in [1.807, 2.05) is 37.3 Å². The zero-order chi connectivity index (χ0) is 10.4. The molecule has 1 rings (SSSR count). The zero-order valence-corrected chi connectivity index (χ0v) is 8.40. The van der Waals surface area contributed by atoms with Gasteiger partial charge in [-0.05, 0) is 25.1 Å². The second-order valence-electron chi connectivity index (χ2n) is 2.83. The first-order chi connectivity index (χ1) is 6.75. The van der Waals surface area contributed by atoms with Crippen molar-refractivity contribution in [1.82, 2.24) is 0 Å². The second-order valence-corrected chi connectivity index (χ2v) is 2.83. The SMILES string of the molecule is CC=C=CC(=O)N(C)c1ccccc1. The van der Waals surface area contributed by atoms with Crippen LogP contribution < -0.4 is 4.90 Å². The van der Waals surface area contributed by atoms with Crippen LogP contribution >= 0.6 is 0 Å². The summed E-state index contributed by atoms with van der Waals surface area (Å²) in [5.74, 6) is -0.0747. The molecular weight excluding hydrogens is 174 g/mol. The van der Waals surface area contributed by atoms with Crippen molar-refractivity contribution < 1.29 is 4.79 Å². The van der Waals surface area contributed by atoms with Crippen LogP contribution in [0.4, 0.5) is 5.69 Å². The maximum Gasteiger partial charge on any atom is 0.258 e. The van der Waals surface area contributed by atoms with Crippen LogP contribution in [-0.2, 0) is 4.79 Å². The highest BCUT2D eigenvalue weighted by Gasteiger charge is 2.05. The first kappa shape index (κ1) is 10.3. The summed E-state index contributed by atoms with van der Waals surface area (Å²) in [6.45, 7) is 1.83. The third kappa shape index (κ3) is 2.61. The number of carbonyl (C=O) groups excluding carboxylic acids is 1. The van der Waals surface area contributed by atoms with E-state index in [1.165, 1.54) is 6.08 Å². The summed E-state index contributed by atoms with van der Waals surface area (Å²) in [6, 6.07) is 9.50. The molecule has 0 aliphatic carbocycles. The van der Waals surface area contributed by atoms with Crippen LogP contribution in [0.2, 0.25) is 0 Å². The monoisotopic (exact) mass is 187 g/mol. The molecule has 0 atom stereocenters. The van der Waals surface area contributed by atoms with Crippen molar-refractivity contribution in [2.24, 2.45) is 0 Å². The largest absolute Gasteiger partial charge is 0.311 e.